The lowest BCUT2D eigenvalue weighted by Gasteiger charge is -2.17. The molecular weight excluding hydrogens is 406 g/mol. The quantitative estimate of drug-likeness (QED) is 0.428. The molecule has 0 spiro atoms. The van der Waals surface area contributed by atoms with E-state index in [1.165, 1.54) is 42.3 Å². The summed E-state index contributed by atoms with van der Waals surface area (Å²) in [7, 11) is 1.30. The summed E-state index contributed by atoms with van der Waals surface area (Å²) >= 11 is 0. The predicted molar refractivity (Wildman–Crippen MR) is 108 cm³/mol. The largest absolute Gasteiger partial charge is 0.490 e. The third-order valence-electron chi connectivity index (χ3n) is 5.28. The highest BCUT2D eigenvalue weighted by Gasteiger charge is 2.37. The van der Waals surface area contributed by atoms with Gasteiger partial charge in [-0.2, -0.15) is 0 Å². The Bertz CT molecular complexity index is 1090. The smallest absolute Gasteiger partial charge is 0.311 e. The van der Waals surface area contributed by atoms with Crippen molar-refractivity contribution in [1.82, 2.24) is 4.90 Å². The van der Waals surface area contributed by atoms with Crippen LogP contribution in [0, 0.1) is 10.1 Å². The van der Waals surface area contributed by atoms with Gasteiger partial charge in [-0.15, -0.1) is 0 Å². The van der Waals surface area contributed by atoms with Crippen molar-refractivity contribution in [3.63, 3.8) is 0 Å². The van der Waals surface area contributed by atoms with Crippen molar-refractivity contribution in [2.75, 3.05) is 25.6 Å². The molecule has 0 aromatic heterocycles. The third kappa shape index (κ3) is 3.84. The summed E-state index contributed by atoms with van der Waals surface area (Å²) in [6, 6.07) is 8.26. The van der Waals surface area contributed by atoms with Crippen LogP contribution in [-0.4, -0.2) is 53.9 Å². The van der Waals surface area contributed by atoms with Crippen molar-refractivity contribution in [2.45, 2.75) is 18.9 Å². The van der Waals surface area contributed by atoms with E-state index in [1.54, 1.807) is 0 Å². The minimum absolute atomic E-state index is 0.0366. The van der Waals surface area contributed by atoms with Crippen molar-refractivity contribution in [2.24, 2.45) is 0 Å². The van der Waals surface area contributed by atoms with Crippen molar-refractivity contribution in [1.29, 1.82) is 0 Å². The van der Waals surface area contributed by atoms with Gasteiger partial charge in [-0.3, -0.25) is 29.4 Å². The van der Waals surface area contributed by atoms with Gasteiger partial charge < -0.3 is 14.8 Å². The van der Waals surface area contributed by atoms with Crippen LogP contribution >= 0.6 is 0 Å². The lowest BCUT2D eigenvalue weighted by atomic mass is 10.1. The van der Waals surface area contributed by atoms with Crippen LogP contribution in [0.4, 0.5) is 11.4 Å². The number of fused-ring (bicyclic) bond motifs is 1. The van der Waals surface area contributed by atoms with E-state index in [2.05, 4.69) is 5.32 Å². The number of nitro groups is 1. The van der Waals surface area contributed by atoms with Crippen molar-refractivity contribution in [3.8, 4) is 5.75 Å². The van der Waals surface area contributed by atoms with E-state index in [1.807, 2.05) is 0 Å². The van der Waals surface area contributed by atoms with E-state index in [4.69, 9.17) is 9.47 Å². The molecule has 10 nitrogen and oxygen atoms in total. The second kappa shape index (κ2) is 8.15. The van der Waals surface area contributed by atoms with Crippen LogP contribution < -0.4 is 10.1 Å². The molecule has 160 valence electrons. The van der Waals surface area contributed by atoms with Gasteiger partial charge in [-0.05, 0) is 43.2 Å². The summed E-state index contributed by atoms with van der Waals surface area (Å²) in [5.41, 5.74) is 0.468. The number of nitrogens with one attached hydrogen (secondary N) is 1. The van der Waals surface area contributed by atoms with E-state index in [0.717, 1.165) is 18.9 Å². The first kappa shape index (κ1) is 20.5. The fourth-order valence-electron chi connectivity index (χ4n) is 3.70. The van der Waals surface area contributed by atoms with Crippen LogP contribution in [0.5, 0.6) is 5.75 Å². The Morgan fingerprint density at radius 3 is 2.68 bits per heavy atom. The van der Waals surface area contributed by atoms with Crippen LogP contribution in [0.15, 0.2) is 36.4 Å². The number of carbonyl (C=O) groups excluding carboxylic acids is 3. The SMILES string of the molecule is COc1ccc(C(=O)Nc2ccc3c(c2)C(=O)N(CC2CCCO2)C3=O)cc1[N+](=O)[O-]. The highest BCUT2D eigenvalue weighted by Crippen LogP contribution is 2.29. The monoisotopic (exact) mass is 425 g/mol. The maximum absolute atomic E-state index is 12.7. The molecule has 2 heterocycles. The van der Waals surface area contributed by atoms with Gasteiger partial charge >= 0.3 is 5.69 Å². The summed E-state index contributed by atoms with van der Waals surface area (Å²) in [6.45, 7) is 0.817. The minimum atomic E-state index is -0.641. The van der Waals surface area contributed by atoms with Crippen LogP contribution in [-0.2, 0) is 4.74 Å². The zero-order valence-corrected chi connectivity index (χ0v) is 16.6. The first-order chi connectivity index (χ1) is 14.9. The van der Waals surface area contributed by atoms with Gasteiger partial charge in [0.15, 0.2) is 5.75 Å². The molecule has 1 fully saturated rings. The Hall–Kier alpha value is -3.79. The standard InChI is InChI=1S/C21H19N3O7/c1-30-18-7-4-12(9-17(18)24(28)29)19(25)22-13-5-6-15-16(10-13)21(27)23(20(15)26)11-14-3-2-8-31-14/h4-7,9-10,14H,2-3,8,11H2,1H3,(H,22,25). The summed E-state index contributed by atoms with van der Waals surface area (Å²) in [5, 5.41) is 13.8. The summed E-state index contributed by atoms with van der Waals surface area (Å²) < 4.78 is 10.5. The molecule has 3 amide bonds. The maximum atomic E-state index is 12.7. The molecular formula is C21H19N3O7. The van der Waals surface area contributed by atoms with Gasteiger partial charge in [0.1, 0.15) is 0 Å². The molecule has 1 saturated heterocycles. The van der Waals surface area contributed by atoms with Crippen LogP contribution in [0.3, 0.4) is 0 Å². The van der Waals surface area contributed by atoms with Gasteiger partial charge in [-0.1, -0.05) is 0 Å². The Morgan fingerprint density at radius 2 is 2.00 bits per heavy atom. The zero-order chi connectivity index (χ0) is 22.1. The normalized spacial score (nSPS) is 17.6. The molecule has 1 unspecified atom stereocenters. The van der Waals surface area contributed by atoms with E-state index in [9.17, 15) is 24.5 Å². The molecule has 2 aromatic rings. The first-order valence-electron chi connectivity index (χ1n) is 9.64. The first-order valence-corrected chi connectivity index (χ1v) is 9.64. The number of hydrogen-bond acceptors (Lipinski definition) is 7. The van der Waals surface area contributed by atoms with Crippen molar-refractivity contribution in [3.05, 3.63) is 63.2 Å². The number of hydrogen-bond donors (Lipinski definition) is 1. The number of anilines is 1. The Kier molecular flexibility index (Phi) is 5.38. The molecule has 10 heteroatoms. The number of ether oxygens (including phenoxy) is 2. The second-order valence-corrected chi connectivity index (χ2v) is 7.21. The minimum Gasteiger partial charge on any atom is -0.490 e. The number of nitrogens with zero attached hydrogens (tertiary/aromatic N) is 2. The summed E-state index contributed by atoms with van der Waals surface area (Å²) in [5.74, 6) is -1.39. The highest BCUT2D eigenvalue weighted by atomic mass is 16.6. The van der Waals surface area contributed by atoms with Crippen LogP contribution in [0.2, 0.25) is 0 Å². The van der Waals surface area contributed by atoms with E-state index < -0.39 is 16.7 Å². The van der Waals surface area contributed by atoms with Gasteiger partial charge in [0.25, 0.3) is 17.7 Å². The molecule has 31 heavy (non-hydrogen) atoms. The van der Waals surface area contributed by atoms with Gasteiger partial charge in [-0.25, -0.2) is 0 Å². The maximum Gasteiger partial charge on any atom is 0.311 e. The number of amides is 3. The molecule has 2 aliphatic rings. The van der Waals surface area contributed by atoms with E-state index >= 15 is 0 Å². The fourth-order valence-corrected chi connectivity index (χ4v) is 3.70. The number of rotatable bonds is 6. The number of imide groups is 1. The molecule has 1 atom stereocenters. The summed E-state index contributed by atoms with van der Waals surface area (Å²) in [4.78, 5) is 49.6. The topological polar surface area (TPSA) is 128 Å². The number of carbonyl (C=O) groups is 3. The van der Waals surface area contributed by atoms with E-state index in [-0.39, 0.29) is 46.7 Å². The van der Waals surface area contributed by atoms with Gasteiger partial charge in [0.2, 0.25) is 0 Å². The predicted octanol–water partition coefficient (Wildman–Crippen LogP) is 2.63. The Balaban J connectivity index is 1.53. The van der Waals surface area contributed by atoms with E-state index in [0.29, 0.717) is 12.3 Å². The third-order valence-corrected chi connectivity index (χ3v) is 5.28. The molecule has 2 aliphatic heterocycles. The number of nitro benzene ring substituents is 1. The zero-order valence-electron chi connectivity index (χ0n) is 16.6. The Labute approximate surface area is 176 Å². The van der Waals surface area contributed by atoms with Gasteiger partial charge in [0.05, 0.1) is 35.8 Å². The molecule has 0 aliphatic carbocycles. The lowest BCUT2D eigenvalue weighted by molar-refractivity contribution is -0.385. The lowest BCUT2D eigenvalue weighted by Crippen LogP contribution is -2.36. The molecule has 1 N–H and O–H groups in total. The number of benzene rings is 2. The second-order valence-electron chi connectivity index (χ2n) is 7.21. The van der Waals surface area contributed by atoms with Crippen LogP contribution in [0.1, 0.15) is 43.9 Å². The summed E-state index contributed by atoms with van der Waals surface area (Å²) in [6.07, 6.45) is 1.53. The molecule has 2 aromatic carbocycles. The molecule has 0 bridgehead atoms. The van der Waals surface area contributed by atoms with Crippen molar-refractivity contribution < 1.29 is 28.8 Å². The van der Waals surface area contributed by atoms with Crippen LogP contribution in [0.25, 0.3) is 0 Å². The fraction of sp³-hybridized carbons (Fsp3) is 0.286. The average Bonchev–Trinajstić information content (AvgIpc) is 3.36. The molecule has 0 radical (unpaired) electrons. The molecule has 0 saturated carbocycles. The Morgan fingerprint density at radius 1 is 1.23 bits per heavy atom. The average molecular weight is 425 g/mol. The van der Waals surface area contributed by atoms with Crippen molar-refractivity contribution >= 4 is 29.1 Å². The number of methoxy groups -OCH3 is 1. The van der Waals surface area contributed by atoms with Gasteiger partial charge in [0, 0.05) is 23.9 Å². The molecule has 4 rings (SSSR count). The highest BCUT2D eigenvalue weighted by molar-refractivity contribution is 6.22.